The van der Waals surface area contributed by atoms with Gasteiger partial charge in [-0.05, 0) is 32.1 Å². The van der Waals surface area contributed by atoms with Gasteiger partial charge >= 0.3 is 13.8 Å². The molecule has 0 saturated carbocycles. The van der Waals surface area contributed by atoms with Crippen LogP contribution in [0.15, 0.2) is 12.2 Å². The van der Waals surface area contributed by atoms with Gasteiger partial charge in [-0.15, -0.1) is 0 Å². The van der Waals surface area contributed by atoms with E-state index in [0.717, 1.165) is 32.1 Å². The maximum Gasteiger partial charge on any atom is 0.472 e. The number of hydrogen-bond donors (Lipinski definition) is 1. The molecule has 1 N–H and O–H groups in total. The summed E-state index contributed by atoms with van der Waals surface area (Å²) < 4.78 is 35.0. The zero-order valence-corrected chi connectivity index (χ0v) is 36.7. The van der Waals surface area contributed by atoms with E-state index in [2.05, 4.69) is 26.0 Å². The second-order valence-corrected chi connectivity index (χ2v) is 17.9. The minimum Gasteiger partial charge on any atom is -0.457 e. The van der Waals surface area contributed by atoms with Crippen molar-refractivity contribution in [1.29, 1.82) is 0 Å². The topological polar surface area (TPSA) is 91.3 Å². The monoisotopic (exact) mass is 775 g/mol. The average molecular weight is 775 g/mol. The first-order chi connectivity index (χ1) is 25.6. The molecule has 0 heterocycles. The molecule has 0 aliphatic rings. The van der Waals surface area contributed by atoms with Crippen molar-refractivity contribution in [3.8, 4) is 0 Å². The molecule has 8 nitrogen and oxygen atoms in total. The molecule has 0 aliphatic carbocycles. The van der Waals surface area contributed by atoms with E-state index in [4.69, 9.17) is 18.5 Å². The van der Waals surface area contributed by atoms with Crippen molar-refractivity contribution in [3.63, 3.8) is 0 Å². The lowest BCUT2D eigenvalue weighted by atomic mass is 10.0. The maximum atomic E-state index is 12.7. The second-order valence-electron chi connectivity index (χ2n) is 16.4. The zero-order chi connectivity index (χ0) is 39.1. The van der Waals surface area contributed by atoms with Gasteiger partial charge in [0, 0.05) is 13.0 Å². The maximum absolute atomic E-state index is 12.7. The third-order valence-corrected chi connectivity index (χ3v) is 10.8. The number of unbranched alkanes of at least 4 members (excludes halogenated alkanes) is 26. The molecule has 0 fully saturated rings. The van der Waals surface area contributed by atoms with Crippen LogP contribution in [0.4, 0.5) is 0 Å². The number of esters is 1. The average Bonchev–Trinajstić information content (AvgIpc) is 3.11. The summed E-state index contributed by atoms with van der Waals surface area (Å²) in [5.41, 5.74) is 0. The summed E-state index contributed by atoms with van der Waals surface area (Å²) in [5.74, 6) is -0.312. The highest BCUT2D eigenvalue weighted by molar-refractivity contribution is 7.47. The first-order valence-electron chi connectivity index (χ1n) is 22.4. The summed E-state index contributed by atoms with van der Waals surface area (Å²) >= 11 is 0. The predicted molar refractivity (Wildman–Crippen MR) is 224 cm³/mol. The number of carbonyl (C=O) groups is 1. The van der Waals surface area contributed by atoms with Crippen molar-refractivity contribution in [1.82, 2.24) is 0 Å². The molecule has 0 spiro atoms. The molecule has 0 amide bonds. The van der Waals surface area contributed by atoms with Crippen LogP contribution in [0.5, 0.6) is 0 Å². The van der Waals surface area contributed by atoms with E-state index in [1.54, 1.807) is 0 Å². The fraction of sp³-hybridized carbons (Fsp3) is 0.932. The molecule has 2 unspecified atom stereocenters. The van der Waals surface area contributed by atoms with E-state index in [0.29, 0.717) is 24.1 Å². The van der Waals surface area contributed by atoms with Crippen LogP contribution in [0.1, 0.15) is 206 Å². The number of ether oxygens (including phenoxy) is 2. The SMILES string of the molecule is CCC/C=C\CCCCCCCCOCC(COP(=O)(O)OCC[N+](C)(C)C)OC(=O)CCCCCCCCCCCCCCCCCCCCCC. The summed E-state index contributed by atoms with van der Waals surface area (Å²) in [4.78, 5) is 22.9. The van der Waals surface area contributed by atoms with Crippen molar-refractivity contribution < 1.29 is 37.3 Å². The van der Waals surface area contributed by atoms with Gasteiger partial charge in [-0.3, -0.25) is 13.8 Å². The summed E-state index contributed by atoms with van der Waals surface area (Å²) in [6.07, 6.45) is 41.0. The van der Waals surface area contributed by atoms with Crippen molar-refractivity contribution in [2.45, 2.75) is 213 Å². The Kier molecular flexibility index (Phi) is 37.6. The molecule has 53 heavy (non-hydrogen) atoms. The van der Waals surface area contributed by atoms with E-state index in [1.165, 1.54) is 154 Å². The molecule has 0 aromatic heterocycles. The Balaban J connectivity index is 4.12. The first kappa shape index (κ1) is 52.2. The first-order valence-corrected chi connectivity index (χ1v) is 23.9. The minimum absolute atomic E-state index is 0.0905. The molecule has 0 bridgehead atoms. The fourth-order valence-corrected chi connectivity index (χ4v) is 7.06. The number of carbonyl (C=O) groups excluding carboxylic acids is 1. The Morgan fingerprint density at radius 2 is 1.02 bits per heavy atom. The van der Waals surface area contributed by atoms with Gasteiger partial charge in [0.1, 0.15) is 19.3 Å². The highest BCUT2D eigenvalue weighted by atomic mass is 31.2. The second kappa shape index (κ2) is 38.1. The minimum atomic E-state index is -4.27. The highest BCUT2D eigenvalue weighted by Crippen LogP contribution is 2.43. The molecule has 0 aromatic carbocycles. The van der Waals surface area contributed by atoms with E-state index in [9.17, 15) is 14.3 Å². The van der Waals surface area contributed by atoms with E-state index >= 15 is 0 Å². The van der Waals surface area contributed by atoms with Crippen LogP contribution in [0.3, 0.4) is 0 Å². The van der Waals surface area contributed by atoms with Crippen LogP contribution in [0.25, 0.3) is 0 Å². The lowest BCUT2D eigenvalue weighted by molar-refractivity contribution is -0.870. The van der Waals surface area contributed by atoms with Gasteiger partial charge < -0.3 is 18.9 Å². The molecular formula is C44H89NO7P+. The Hall–Kier alpha value is -0.760. The van der Waals surface area contributed by atoms with Crippen molar-refractivity contribution >= 4 is 13.8 Å². The number of allylic oxidation sites excluding steroid dienone is 2. The fourth-order valence-electron chi connectivity index (χ4n) is 6.32. The Labute approximate surface area is 329 Å². The van der Waals surface area contributed by atoms with Crippen molar-refractivity contribution in [2.24, 2.45) is 0 Å². The number of rotatable bonds is 42. The summed E-state index contributed by atoms with van der Waals surface area (Å²) in [5, 5.41) is 0. The van der Waals surface area contributed by atoms with Crippen LogP contribution >= 0.6 is 7.82 Å². The van der Waals surface area contributed by atoms with Crippen molar-refractivity contribution in [3.05, 3.63) is 12.2 Å². The van der Waals surface area contributed by atoms with E-state index < -0.39 is 13.9 Å². The lowest BCUT2D eigenvalue weighted by Gasteiger charge is -2.24. The van der Waals surface area contributed by atoms with Gasteiger partial charge in [-0.1, -0.05) is 180 Å². The van der Waals surface area contributed by atoms with Crippen molar-refractivity contribution in [2.75, 3.05) is 54.1 Å². The summed E-state index contributed by atoms with van der Waals surface area (Å²) in [6, 6.07) is 0. The molecular weight excluding hydrogens is 685 g/mol. The normalized spacial score (nSPS) is 13.8. The van der Waals surface area contributed by atoms with E-state index in [1.807, 2.05) is 21.1 Å². The van der Waals surface area contributed by atoms with Crippen LogP contribution in [0, 0.1) is 0 Å². The number of phosphoric ester groups is 1. The number of phosphoric acid groups is 1. The lowest BCUT2D eigenvalue weighted by Crippen LogP contribution is -2.37. The molecule has 0 rings (SSSR count). The highest BCUT2D eigenvalue weighted by Gasteiger charge is 2.26. The third-order valence-electron chi connectivity index (χ3n) is 9.81. The van der Waals surface area contributed by atoms with Gasteiger partial charge in [0.15, 0.2) is 0 Å². The molecule has 0 aliphatic heterocycles. The van der Waals surface area contributed by atoms with Gasteiger partial charge in [0.05, 0.1) is 34.4 Å². The van der Waals surface area contributed by atoms with Gasteiger partial charge in [-0.25, -0.2) is 4.57 Å². The molecule has 0 radical (unpaired) electrons. The van der Waals surface area contributed by atoms with E-state index in [-0.39, 0.29) is 25.8 Å². The molecule has 0 saturated heterocycles. The quantitative estimate of drug-likeness (QED) is 0.0217. The molecule has 9 heteroatoms. The van der Waals surface area contributed by atoms with Crippen LogP contribution in [-0.2, 0) is 27.9 Å². The predicted octanol–water partition coefficient (Wildman–Crippen LogP) is 13.1. The number of hydrogen-bond acceptors (Lipinski definition) is 6. The number of quaternary nitrogens is 1. The van der Waals surface area contributed by atoms with Gasteiger partial charge in [0.2, 0.25) is 0 Å². The summed E-state index contributed by atoms with van der Waals surface area (Å²) in [6.45, 7) is 5.59. The number of nitrogens with zero attached hydrogens (tertiary/aromatic N) is 1. The Morgan fingerprint density at radius 1 is 0.566 bits per heavy atom. The molecule has 2 atom stereocenters. The van der Waals surface area contributed by atoms with Crippen LogP contribution in [0.2, 0.25) is 0 Å². The Morgan fingerprint density at radius 3 is 1.51 bits per heavy atom. The largest absolute Gasteiger partial charge is 0.472 e. The van der Waals surface area contributed by atoms with Crippen LogP contribution in [-0.4, -0.2) is 75.6 Å². The third kappa shape index (κ3) is 42.2. The summed E-state index contributed by atoms with van der Waals surface area (Å²) in [7, 11) is 1.67. The number of likely N-dealkylation sites (N-methyl/N-ethyl adjacent to an activating group) is 1. The van der Waals surface area contributed by atoms with Crippen LogP contribution < -0.4 is 0 Å². The van der Waals surface area contributed by atoms with Gasteiger partial charge in [-0.2, -0.15) is 0 Å². The smallest absolute Gasteiger partial charge is 0.457 e. The zero-order valence-electron chi connectivity index (χ0n) is 35.8. The molecule has 316 valence electrons. The standard InChI is InChI=1S/C44H88NO7P/c1-6-8-10-12-14-16-18-19-20-21-22-23-24-25-26-27-29-31-33-35-37-44(46)52-43(42-51-53(47,48)50-40-38-45(3,4)5)41-49-39-36-34-32-30-28-17-15-13-11-9-7-2/h11,13,43H,6-10,12,14-42H2,1-5H3/p+1/b13-11-. The van der Waals surface area contributed by atoms with Gasteiger partial charge in [0.25, 0.3) is 0 Å². The molecule has 0 aromatic rings. The Bertz CT molecular complexity index is 863.